The lowest BCUT2D eigenvalue weighted by atomic mass is 9.99. The van der Waals surface area contributed by atoms with Gasteiger partial charge >= 0.3 is 0 Å². The fourth-order valence-electron chi connectivity index (χ4n) is 4.93. The molecule has 2 aromatic heterocycles. The van der Waals surface area contributed by atoms with Crippen molar-refractivity contribution in [1.82, 2.24) is 9.13 Å². The third-order valence-electron chi connectivity index (χ3n) is 6.54. The van der Waals surface area contributed by atoms with Gasteiger partial charge < -0.3 is 9.13 Å². The van der Waals surface area contributed by atoms with Crippen LogP contribution in [0.1, 0.15) is 0 Å². The van der Waals surface area contributed by atoms with Crippen LogP contribution < -0.4 is 10.9 Å². The summed E-state index contributed by atoms with van der Waals surface area (Å²) in [4.78, 5) is 27.0. The van der Waals surface area contributed by atoms with Gasteiger partial charge in [-0.1, -0.05) is 54.6 Å². The Hall–Kier alpha value is -4.18. The molecule has 0 N–H and O–H groups in total. The minimum atomic E-state index is -0.0200. The Kier molecular flexibility index (Phi) is 3.87. The molecule has 0 spiro atoms. The van der Waals surface area contributed by atoms with E-state index in [0.717, 1.165) is 33.2 Å². The predicted octanol–water partition coefficient (Wildman–Crippen LogP) is 5.36. The zero-order chi connectivity index (χ0) is 22.0. The van der Waals surface area contributed by atoms with Crippen LogP contribution in [0.4, 0.5) is 0 Å². The zero-order valence-corrected chi connectivity index (χ0v) is 17.8. The molecule has 6 rings (SSSR count). The fraction of sp³-hybridized carbons (Fsp3) is 0.0714. The maximum atomic E-state index is 13.6. The standard InChI is InChI=1S/C28H20N2O2/c1-29-23-14-7-6-11-19(23)27(31)21-16-25-22(15-24(21)29)28(32)20-13-8-12-18(26(20)30(25)2)17-9-4-3-5-10-17/h3-16H,1-2H3. The van der Waals surface area contributed by atoms with Crippen LogP contribution in [-0.2, 0) is 14.1 Å². The van der Waals surface area contributed by atoms with E-state index >= 15 is 0 Å². The lowest BCUT2D eigenvalue weighted by Crippen LogP contribution is -2.13. The molecule has 0 unspecified atom stereocenters. The highest BCUT2D eigenvalue weighted by molar-refractivity contribution is 6.06. The second-order valence-corrected chi connectivity index (χ2v) is 8.25. The molecule has 154 valence electrons. The van der Waals surface area contributed by atoms with Crippen molar-refractivity contribution >= 4 is 43.6 Å². The Morgan fingerprint density at radius 1 is 0.531 bits per heavy atom. The summed E-state index contributed by atoms with van der Waals surface area (Å²) in [6.45, 7) is 0. The van der Waals surface area contributed by atoms with Gasteiger partial charge in [0.2, 0.25) is 0 Å². The topological polar surface area (TPSA) is 44.0 Å². The number of benzene rings is 4. The summed E-state index contributed by atoms with van der Waals surface area (Å²) in [5.74, 6) is 0. The summed E-state index contributed by atoms with van der Waals surface area (Å²) in [6, 6.07) is 27.3. The van der Waals surface area contributed by atoms with Gasteiger partial charge in [-0.05, 0) is 35.9 Å². The van der Waals surface area contributed by atoms with Crippen molar-refractivity contribution in [3.63, 3.8) is 0 Å². The molecule has 0 radical (unpaired) electrons. The highest BCUT2D eigenvalue weighted by Crippen LogP contribution is 2.30. The van der Waals surface area contributed by atoms with Gasteiger partial charge in [-0.15, -0.1) is 0 Å². The predicted molar refractivity (Wildman–Crippen MR) is 132 cm³/mol. The van der Waals surface area contributed by atoms with Gasteiger partial charge in [0.15, 0.2) is 10.9 Å². The van der Waals surface area contributed by atoms with E-state index in [-0.39, 0.29) is 10.9 Å². The molecule has 4 aromatic carbocycles. The molecule has 0 aliphatic carbocycles. The maximum absolute atomic E-state index is 13.6. The molecule has 0 aliphatic rings. The second-order valence-electron chi connectivity index (χ2n) is 8.25. The monoisotopic (exact) mass is 416 g/mol. The maximum Gasteiger partial charge on any atom is 0.197 e. The first-order valence-corrected chi connectivity index (χ1v) is 10.6. The third-order valence-corrected chi connectivity index (χ3v) is 6.54. The number of fused-ring (bicyclic) bond motifs is 4. The van der Waals surface area contributed by atoms with Crippen molar-refractivity contribution in [2.75, 3.05) is 0 Å². The minimum absolute atomic E-state index is 0.0144. The summed E-state index contributed by atoms with van der Waals surface area (Å²) in [5, 5.41) is 2.58. The SMILES string of the molecule is Cn1c2ccccc2c(=O)c2cc3c(cc21)c(=O)c1cccc(-c2ccccc2)c1n3C. The smallest absolute Gasteiger partial charge is 0.197 e. The van der Waals surface area contributed by atoms with Crippen molar-refractivity contribution in [3.8, 4) is 11.1 Å². The second kappa shape index (κ2) is 6.66. The first-order chi connectivity index (χ1) is 15.6. The summed E-state index contributed by atoms with van der Waals surface area (Å²) in [6.07, 6.45) is 0. The molecule has 0 fully saturated rings. The number of hydrogen-bond acceptors (Lipinski definition) is 2. The molecule has 0 bridgehead atoms. The first kappa shape index (κ1) is 18.6. The average molecular weight is 416 g/mol. The largest absolute Gasteiger partial charge is 0.343 e. The molecule has 0 aliphatic heterocycles. The Bertz CT molecular complexity index is 1830. The Balaban J connectivity index is 1.84. The van der Waals surface area contributed by atoms with Gasteiger partial charge in [0.1, 0.15) is 0 Å². The number of pyridine rings is 2. The number of aryl methyl sites for hydroxylation is 2. The van der Waals surface area contributed by atoms with Crippen LogP contribution in [0.15, 0.2) is 94.5 Å². The van der Waals surface area contributed by atoms with Gasteiger partial charge in [-0.2, -0.15) is 0 Å². The van der Waals surface area contributed by atoms with E-state index in [1.54, 1.807) is 0 Å². The van der Waals surface area contributed by atoms with Crippen LogP contribution in [-0.4, -0.2) is 9.13 Å². The number of nitrogens with zero attached hydrogens (tertiary/aromatic N) is 2. The average Bonchev–Trinajstić information content (AvgIpc) is 2.85. The van der Waals surface area contributed by atoms with Crippen LogP contribution in [0.5, 0.6) is 0 Å². The zero-order valence-electron chi connectivity index (χ0n) is 17.8. The lowest BCUT2D eigenvalue weighted by Gasteiger charge is -2.16. The molecule has 0 atom stereocenters. The molecule has 4 heteroatoms. The van der Waals surface area contributed by atoms with E-state index in [4.69, 9.17) is 0 Å². The van der Waals surface area contributed by atoms with Crippen LogP contribution in [0.3, 0.4) is 0 Å². The van der Waals surface area contributed by atoms with E-state index in [1.165, 1.54) is 0 Å². The van der Waals surface area contributed by atoms with E-state index in [0.29, 0.717) is 21.5 Å². The van der Waals surface area contributed by atoms with Gasteiger partial charge in [0.05, 0.1) is 22.1 Å². The fourth-order valence-corrected chi connectivity index (χ4v) is 4.93. The molecule has 0 amide bonds. The molecular formula is C28H20N2O2. The van der Waals surface area contributed by atoms with Gasteiger partial charge in [0.25, 0.3) is 0 Å². The molecule has 2 heterocycles. The number of para-hydroxylation sites is 2. The highest BCUT2D eigenvalue weighted by atomic mass is 16.1. The summed E-state index contributed by atoms with van der Waals surface area (Å²) < 4.78 is 4.04. The van der Waals surface area contributed by atoms with Gasteiger partial charge in [0, 0.05) is 41.2 Å². The summed E-state index contributed by atoms with van der Waals surface area (Å²) in [7, 11) is 3.91. The van der Waals surface area contributed by atoms with E-state index < -0.39 is 0 Å². The highest BCUT2D eigenvalue weighted by Gasteiger charge is 2.16. The molecule has 0 saturated heterocycles. The summed E-state index contributed by atoms with van der Waals surface area (Å²) >= 11 is 0. The Morgan fingerprint density at radius 3 is 1.88 bits per heavy atom. The molecule has 32 heavy (non-hydrogen) atoms. The third kappa shape index (κ3) is 2.44. The van der Waals surface area contributed by atoms with E-state index in [2.05, 4.69) is 0 Å². The van der Waals surface area contributed by atoms with Gasteiger partial charge in [-0.25, -0.2) is 0 Å². The molecule has 4 nitrogen and oxygen atoms in total. The number of aromatic nitrogens is 2. The normalized spacial score (nSPS) is 11.7. The van der Waals surface area contributed by atoms with Crippen molar-refractivity contribution in [1.29, 1.82) is 0 Å². The van der Waals surface area contributed by atoms with Crippen molar-refractivity contribution < 1.29 is 0 Å². The quantitative estimate of drug-likeness (QED) is 0.339. The number of hydrogen-bond donors (Lipinski definition) is 0. The Labute approximate surface area is 183 Å². The van der Waals surface area contributed by atoms with E-state index in [9.17, 15) is 9.59 Å². The van der Waals surface area contributed by atoms with E-state index in [1.807, 2.05) is 108 Å². The number of rotatable bonds is 1. The first-order valence-electron chi connectivity index (χ1n) is 10.6. The lowest BCUT2D eigenvalue weighted by molar-refractivity contribution is 0.994. The molecule has 6 aromatic rings. The molecule has 0 saturated carbocycles. The van der Waals surface area contributed by atoms with Crippen LogP contribution in [0, 0.1) is 0 Å². The van der Waals surface area contributed by atoms with Gasteiger partial charge in [-0.3, -0.25) is 9.59 Å². The van der Waals surface area contributed by atoms with Crippen molar-refractivity contribution in [2.24, 2.45) is 14.1 Å². The Morgan fingerprint density at radius 2 is 1.12 bits per heavy atom. The summed E-state index contributed by atoms with van der Waals surface area (Å²) in [5.41, 5.74) is 5.25. The minimum Gasteiger partial charge on any atom is -0.343 e. The van der Waals surface area contributed by atoms with Crippen LogP contribution >= 0.6 is 0 Å². The molecular weight excluding hydrogens is 396 g/mol. The van der Waals surface area contributed by atoms with Crippen molar-refractivity contribution in [3.05, 3.63) is 105 Å². The van der Waals surface area contributed by atoms with Crippen molar-refractivity contribution in [2.45, 2.75) is 0 Å². The van der Waals surface area contributed by atoms with Crippen LogP contribution in [0.2, 0.25) is 0 Å². The van der Waals surface area contributed by atoms with Crippen LogP contribution in [0.25, 0.3) is 54.7 Å².